The van der Waals surface area contributed by atoms with Gasteiger partial charge in [-0.1, -0.05) is 133 Å². The van der Waals surface area contributed by atoms with E-state index < -0.39 is 17.4 Å². The lowest BCUT2D eigenvalue weighted by Gasteiger charge is -2.30. The van der Waals surface area contributed by atoms with E-state index in [-0.39, 0.29) is 35.0 Å². The number of hydrogen-bond donors (Lipinski definition) is 2. The summed E-state index contributed by atoms with van der Waals surface area (Å²) < 4.78 is 5.56. The van der Waals surface area contributed by atoms with Crippen LogP contribution in [0.1, 0.15) is 149 Å². The molecule has 2 aromatic rings. The third-order valence-corrected chi connectivity index (χ3v) is 9.29. The molecular formula is C40H54O6. The van der Waals surface area contributed by atoms with Crippen LogP contribution in [-0.4, -0.2) is 34.0 Å². The van der Waals surface area contributed by atoms with Crippen LogP contribution < -0.4 is 0 Å². The molecule has 0 bridgehead atoms. The number of rotatable bonds is 20. The molecule has 6 nitrogen and oxygen atoms in total. The molecule has 1 aliphatic rings. The molecule has 0 aliphatic heterocycles. The highest BCUT2D eigenvalue weighted by molar-refractivity contribution is 6.02. The number of ketones is 1. The van der Waals surface area contributed by atoms with Gasteiger partial charge in [-0.2, -0.15) is 0 Å². The van der Waals surface area contributed by atoms with Crippen molar-refractivity contribution in [1.29, 1.82) is 0 Å². The van der Waals surface area contributed by atoms with Gasteiger partial charge in [0.15, 0.2) is 5.78 Å². The monoisotopic (exact) mass is 630 g/mol. The van der Waals surface area contributed by atoms with E-state index in [1.807, 2.05) is 13.8 Å². The van der Waals surface area contributed by atoms with Crippen LogP contribution in [0.2, 0.25) is 0 Å². The lowest BCUT2D eigenvalue weighted by molar-refractivity contribution is -0.140. The molecule has 0 saturated carbocycles. The van der Waals surface area contributed by atoms with Crippen molar-refractivity contribution in [3.8, 4) is 5.75 Å². The minimum absolute atomic E-state index is 0.00104. The number of carboxylic acid groups (broad SMARTS) is 1. The molecule has 250 valence electrons. The lowest BCUT2D eigenvalue weighted by atomic mass is 9.72. The Bertz CT molecular complexity index is 1340. The summed E-state index contributed by atoms with van der Waals surface area (Å²) in [4.78, 5) is 39.4. The number of unbranched alkanes of at least 4 members (excludes halogenated alkanes) is 8. The van der Waals surface area contributed by atoms with Gasteiger partial charge < -0.3 is 14.9 Å². The zero-order valence-electron chi connectivity index (χ0n) is 28.3. The molecule has 2 N–H and O–H groups in total. The molecule has 1 unspecified atom stereocenters. The number of Topliss-reactive ketones (excluding diaryl/α,β-unsaturated/α-hetero) is 1. The summed E-state index contributed by atoms with van der Waals surface area (Å²) in [5, 5.41) is 21.3. The highest BCUT2D eigenvalue weighted by atomic mass is 16.5. The van der Waals surface area contributed by atoms with Crippen LogP contribution in [0.5, 0.6) is 5.75 Å². The van der Waals surface area contributed by atoms with E-state index in [1.165, 1.54) is 31.7 Å². The van der Waals surface area contributed by atoms with Gasteiger partial charge in [0, 0.05) is 17.4 Å². The zero-order valence-corrected chi connectivity index (χ0v) is 28.3. The molecular weight excluding hydrogens is 576 g/mol. The second kappa shape index (κ2) is 18.5. The fraction of sp³-hybridized carbons (Fsp3) is 0.525. The van der Waals surface area contributed by atoms with Crippen LogP contribution in [-0.2, 0) is 14.9 Å². The van der Waals surface area contributed by atoms with Crippen molar-refractivity contribution in [3.05, 3.63) is 89.0 Å². The largest absolute Gasteiger partial charge is 0.507 e. The first-order valence-electron chi connectivity index (χ1n) is 17.5. The zero-order chi connectivity index (χ0) is 33.5. The number of benzene rings is 2. The Morgan fingerprint density at radius 3 is 2.04 bits per heavy atom. The molecule has 0 radical (unpaired) electrons. The quantitative estimate of drug-likeness (QED) is 0.0653. The molecule has 1 aliphatic carbocycles. The third-order valence-electron chi connectivity index (χ3n) is 9.29. The first-order valence-corrected chi connectivity index (χ1v) is 17.5. The topological polar surface area (TPSA) is 101 Å². The van der Waals surface area contributed by atoms with Crippen LogP contribution >= 0.6 is 0 Å². The maximum Gasteiger partial charge on any atom is 0.342 e. The Labute approximate surface area is 276 Å². The van der Waals surface area contributed by atoms with Crippen LogP contribution in [0.15, 0.2) is 66.8 Å². The highest BCUT2D eigenvalue weighted by Gasteiger charge is 2.40. The fourth-order valence-corrected chi connectivity index (χ4v) is 6.35. The summed E-state index contributed by atoms with van der Waals surface area (Å²) in [6.45, 7) is 8.24. The van der Waals surface area contributed by atoms with Gasteiger partial charge in [-0.25, -0.2) is 4.79 Å². The number of allylic oxidation sites excluding steroid dienone is 2. The van der Waals surface area contributed by atoms with Crippen LogP contribution in [0.25, 0.3) is 0 Å². The molecule has 0 aromatic heterocycles. The van der Waals surface area contributed by atoms with Gasteiger partial charge in [-0.15, -0.1) is 0 Å². The summed E-state index contributed by atoms with van der Waals surface area (Å²) in [6.07, 6.45) is 20.2. The second-order valence-corrected chi connectivity index (χ2v) is 12.8. The van der Waals surface area contributed by atoms with E-state index >= 15 is 0 Å². The Kier molecular flexibility index (Phi) is 14.8. The summed E-state index contributed by atoms with van der Waals surface area (Å²) in [6, 6.07) is 11.9. The SMILES string of the molecule is CCCCCCCC[C@H](CC)C(=O)c1ccccc1C1(C(=O)O)C=CC(c2ccc(C(=O)OC(C)CCCCCC)c(O)c2)C=C1. The van der Waals surface area contributed by atoms with Crippen molar-refractivity contribution in [2.45, 2.75) is 129 Å². The van der Waals surface area contributed by atoms with Crippen molar-refractivity contribution in [2.24, 2.45) is 5.92 Å². The summed E-state index contributed by atoms with van der Waals surface area (Å²) in [5.74, 6) is -2.27. The predicted octanol–water partition coefficient (Wildman–Crippen LogP) is 10.1. The molecule has 0 saturated heterocycles. The molecule has 46 heavy (non-hydrogen) atoms. The predicted molar refractivity (Wildman–Crippen MR) is 185 cm³/mol. The molecule has 2 atom stereocenters. The van der Waals surface area contributed by atoms with Gasteiger partial charge in [0.25, 0.3) is 0 Å². The number of phenolic OH excluding ortho intramolecular Hbond substituents is 1. The van der Waals surface area contributed by atoms with E-state index in [0.29, 0.717) is 23.1 Å². The molecule has 6 heteroatoms. The van der Waals surface area contributed by atoms with Gasteiger partial charge in [-0.3, -0.25) is 9.59 Å². The van der Waals surface area contributed by atoms with E-state index in [1.54, 1.807) is 60.7 Å². The van der Waals surface area contributed by atoms with Crippen molar-refractivity contribution < 1.29 is 29.3 Å². The smallest absolute Gasteiger partial charge is 0.342 e. The van der Waals surface area contributed by atoms with Crippen LogP contribution in [0, 0.1) is 5.92 Å². The molecule has 3 rings (SSSR count). The summed E-state index contributed by atoms with van der Waals surface area (Å²) in [5.41, 5.74) is 0.231. The molecule has 0 heterocycles. The van der Waals surface area contributed by atoms with Gasteiger partial charge in [-0.05, 0) is 55.9 Å². The van der Waals surface area contributed by atoms with E-state index in [0.717, 1.165) is 51.4 Å². The number of hydrogen-bond acceptors (Lipinski definition) is 5. The number of phenols is 1. The van der Waals surface area contributed by atoms with E-state index in [9.17, 15) is 24.6 Å². The number of esters is 1. The average molecular weight is 631 g/mol. The van der Waals surface area contributed by atoms with Crippen molar-refractivity contribution in [2.75, 3.05) is 0 Å². The fourth-order valence-electron chi connectivity index (χ4n) is 6.35. The summed E-state index contributed by atoms with van der Waals surface area (Å²) >= 11 is 0. The van der Waals surface area contributed by atoms with Gasteiger partial charge in [0.1, 0.15) is 16.7 Å². The van der Waals surface area contributed by atoms with E-state index in [2.05, 4.69) is 13.8 Å². The third kappa shape index (κ3) is 9.67. The normalized spacial score (nSPS) is 18.7. The number of carboxylic acids is 1. The highest BCUT2D eigenvalue weighted by Crippen LogP contribution is 2.39. The number of ether oxygens (including phenoxy) is 1. The lowest BCUT2D eigenvalue weighted by Crippen LogP contribution is -2.35. The van der Waals surface area contributed by atoms with E-state index in [4.69, 9.17) is 4.74 Å². The first kappa shape index (κ1) is 36.8. The van der Waals surface area contributed by atoms with Crippen molar-refractivity contribution in [3.63, 3.8) is 0 Å². The van der Waals surface area contributed by atoms with Crippen molar-refractivity contribution >= 4 is 17.7 Å². The van der Waals surface area contributed by atoms with Gasteiger partial charge >= 0.3 is 11.9 Å². The Hall–Kier alpha value is -3.67. The number of aliphatic carboxylic acids is 1. The molecule has 2 aromatic carbocycles. The number of carbonyl (C=O) groups excluding carboxylic acids is 2. The second-order valence-electron chi connectivity index (χ2n) is 12.8. The first-order chi connectivity index (χ1) is 22.2. The standard InChI is InChI=1S/C40H54O6/c1-5-8-10-12-13-15-19-30(7-3)37(42)33-20-16-17-21-35(33)40(39(44)45)26-24-31(25-27-40)32-22-23-34(36(41)28-32)38(43)46-29(4)18-14-11-9-6-2/h16-17,20-31,41H,5-15,18-19H2,1-4H3,(H,44,45)/t29?,30-,31?,40?/m0/s1. The summed E-state index contributed by atoms with van der Waals surface area (Å²) in [7, 11) is 0. The molecule has 0 amide bonds. The Morgan fingerprint density at radius 1 is 0.804 bits per heavy atom. The molecule has 0 fully saturated rings. The Balaban J connectivity index is 1.75. The van der Waals surface area contributed by atoms with Gasteiger partial charge in [0.05, 0.1) is 6.10 Å². The number of aromatic hydroxyl groups is 1. The minimum Gasteiger partial charge on any atom is -0.507 e. The van der Waals surface area contributed by atoms with Crippen LogP contribution in [0.4, 0.5) is 0 Å². The Morgan fingerprint density at radius 2 is 1.41 bits per heavy atom. The number of carbonyl (C=O) groups is 3. The van der Waals surface area contributed by atoms with Gasteiger partial charge in [0.2, 0.25) is 0 Å². The minimum atomic E-state index is -1.50. The maximum absolute atomic E-state index is 13.8. The molecule has 0 spiro atoms. The maximum atomic E-state index is 13.8. The van der Waals surface area contributed by atoms with Crippen molar-refractivity contribution in [1.82, 2.24) is 0 Å². The average Bonchev–Trinajstić information content (AvgIpc) is 3.06. The van der Waals surface area contributed by atoms with Crippen LogP contribution in [0.3, 0.4) is 0 Å².